The third-order valence-corrected chi connectivity index (χ3v) is 15.5. The third-order valence-electron chi connectivity index (χ3n) is 14.0. The van der Waals surface area contributed by atoms with Crippen LogP contribution in [0.15, 0.2) is 156 Å². The number of phenolic OH excluding ortho intramolecular Hbond substituents is 1. The zero-order chi connectivity index (χ0) is 64.6. The molecule has 8 aromatic rings. The molecule has 0 unspecified atom stereocenters. The van der Waals surface area contributed by atoms with Gasteiger partial charge in [0.1, 0.15) is 45.0 Å². The summed E-state index contributed by atoms with van der Waals surface area (Å²) >= 11 is 11.7. The van der Waals surface area contributed by atoms with Gasteiger partial charge in [-0.05, 0) is 126 Å². The normalized spacial score (nSPS) is 13.9. The number of allylic oxidation sites excluding steroid dienone is 2. The van der Waals surface area contributed by atoms with Crippen molar-refractivity contribution < 1.29 is 37.8 Å². The van der Waals surface area contributed by atoms with Crippen LogP contribution in [0.2, 0.25) is 0 Å². The first-order valence-electron chi connectivity index (χ1n) is 28.7. The number of halogens is 2. The zero-order valence-electron chi connectivity index (χ0n) is 51.0. The van der Waals surface area contributed by atoms with Crippen molar-refractivity contribution in [2.75, 3.05) is 55.0 Å². The second kappa shape index (κ2) is 30.6. The molecule has 466 valence electrons. The minimum atomic E-state index is -0.845. The van der Waals surface area contributed by atoms with Gasteiger partial charge in [0.05, 0.1) is 48.1 Å². The van der Waals surface area contributed by atoms with Crippen molar-refractivity contribution in [2.45, 2.75) is 73.4 Å². The number of hydrogen-bond acceptors (Lipinski definition) is 16. The molecule has 19 nitrogen and oxygen atoms in total. The van der Waals surface area contributed by atoms with Crippen molar-refractivity contribution in [1.29, 1.82) is 0 Å². The average Bonchev–Trinajstić information content (AvgIpc) is 1.97. The summed E-state index contributed by atoms with van der Waals surface area (Å²) < 4.78 is 35.6. The van der Waals surface area contributed by atoms with Crippen LogP contribution in [-0.2, 0) is 20.9 Å². The Kier molecular flexibility index (Phi) is 22.6. The standard InChI is InChI=1S/C25H24N2O4S2.C24H26N6.C17H19F2N5O2S/c1-16(13-18-7-4-3-5-8-18)14-22-24(31)27(25(32)33-22)12-6-9-23(30)26-19-10-11-20(17(2)28)21(29)15-19;1-18-7-9-20(10-8-18)16-30-24-21(15-27-30)23(25-17-26-24)29-13-11-28(12-14-29)22-6-4-3-5-19(22)2;1-17(2,3)22-16(27)23-20-9-14-11(15(25)26-4)8-21-24(14)13-6-5-10(18)7-12(13)19/h3-5,7-8,10-11,13-15,29H,6,9,12H2,1-2H3,(H,26,30);3-10,15,17H,11-14,16H2,1-2H3;5-9H,1-4H3,(H2,22,23,27)/b16-13+,22-14-;;20-9+. The van der Waals surface area contributed by atoms with Crippen LogP contribution in [0.3, 0.4) is 0 Å². The van der Waals surface area contributed by atoms with Gasteiger partial charge in [-0.2, -0.15) is 15.3 Å². The van der Waals surface area contributed by atoms with Crippen molar-refractivity contribution in [3.63, 3.8) is 0 Å². The number of aryl methyl sites for hydroxylation is 2. The molecule has 2 aliphatic heterocycles. The summed E-state index contributed by atoms with van der Waals surface area (Å²) in [7, 11) is 1.21. The van der Waals surface area contributed by atoms with Crippen molar-refractivity contribution >= 4 is 110 Å². The Hall–Kier alpha value is -9.52. The number of nitrogens with one attached hydrogen (secondary N) is 3. The molecule has 10 rings (SSSR count). The van der Waals surface area contributed by atoms with Crippen LogP contribution in [0.1, 0.15) is 96.1 Å². The molecule has 0 aliphatic carbocycles. The fourth-order valence-corrected chi connectivity index (χ4v) is 11.3. The molecular formula is C66H69F2N13O6S3. The Morgan fingerprint density at radius 3 is 2.23 bits per heavy atom. The SMILES string of the molecule is CC(=O)c1ccc(NC(=O)CCCN2C(=O)/C(=C/C(C)=C/c3ccccc3)SC2=S)cc1O.COC(=O)c1cnn(-c2ccc(F)cc2F)c1/C=N/NC(=S)NC(C)(C)C.Cc1ccc(Cn2ncc3c(N4CCN(c5ccccc5C)CC4)ncnc32)cc1. The maximum atomic E-state index is 14.1. The number of para-hydroxylation sites is 1. The number of phenols is 1. The summed E-state index contributed by atoms with van der Waals surface area (Å²) in [6.07, 6.45) is 10.5. The first-order chi connectivity index (χ1) is 43.0. The number of benzene rings is 5. The van der Waals surface area contributed by atoms with E-state index in [9.17, 15) is 33.1 Å². The molecule has 0 saturated carbocycles. The lowest BCUT2D eigenvalue weighted by Crippen LogP contribution is -2.47. The number of hydrazone groups is 1. The Balaban J connectivity index is 0.000000175. The fourth-order valence-electron chi connectivity index (χ4n) is 9.59. The van der Waals surface area contributed by atoms with E-state index in [1.807, 2.05) is 81.1 Å². The van der Waals surface area contributed by atoms with Gasteiger partial charge in [-0.25, -0.2) is 32.9 Å². The molecular weight excluding hydrogens is 1210 g/mol. The highest BCUT2D eigenvalue weighted by Crippen LogP contribution is 2.33. The largest absolute Gasteiger partial charge is 0.507 e. The topological polar surface area (TPSA) is 217 Å². The molecule has 5 aromatic carbocycles. The Bertz CT molecular complexity index is 4030. The number of thioether (sulfide) groups is 1. The van der Waals surface area contributed by atoms with Crippen LogP contribution in [0.5, 0.6) is 5.75 Å². The van der Waals surface area contributed by atoms with Crippen LogP contribution < -0.4 is 25.9 Å². The summed E-state index contributed by atoms with van der Waals surface area (Å²) in [4.78, 5) is 64.4. The number of methoxy groups -OCH3 is 1. The minimum Gasteiger partial charge on any atom is -0.507 e. The van der Waals surface area contributed by atoms with E-state index in [0.717, 1.165) is 71.0 Å². The molecule has 2 amide bonds. The van der Waals surface area contributed by atoms with E-state index in [4.69, 9.17) is 29.2 Å². The smallest absolute Gasteiger partial charge is 0.341 e. The lowest BCUT2D eigenvalue weighted by Gasteiger charge is -2.37. The minimum absolute atomic E-state index is 0.0524. The number of thiocarbonyl (C=S) groups is 2. The van der Waals surface area contributed by atoms with Crippen LogP contribution >= 0.6 is 36.2 Å². The molecule has 0 radical (unpaired) electrons. The van der Waals surface area contributed by atoms with E-state index in [0.29, 0.717) is 34.4 Å². The lowest BCUT2D eigenvalue weighted by atomic mass is 10.1. The Morgan fingerprint density at radius 1 is 0.844 bits per heavy atom. The summed E-state index contributed by atoms with van der Waals surface area (Å²) in [5.41, 5.74) is 11.1. The number of carbonyl (C=O) groups excluding carboxylic acids is 4. The molecule has 24 heteroatoms. The number of esters is 1. The highest BCUT2D eigenvalue weighted by molar-refractivity contribution is 8.26. The lowest BCUT2D eigenvalue weighted by molar-refractivity contribution is -0.122. The van der Waals surface area contributed by atoms with Crippen molar-refractivity contribution in [1.82, 2.24) is 45.2 Å². The van der Waals surface area contributed by atoms with Gasteiger partial charge in [-0.15, -0.1) is 0 Å². The number of carbonyl (C=O) groups is 4. The van der Waals surface area contributed by atoms with Gasteiger partial charge in [0.15, 0.2) is 22.4 Å². The van der Waals surface area contributed by atoms with Gasteiger partial charge in [-0.1, -0.05) is 108 Å². The molecule has 0 bridgehead atoms. The second-order valence-corrected chi connectivity index (χ2v) is 24.2. The number of hydrogen-bond donors (Lipinski definition) is 4. The number of rotatable bonds is 16. The number of anilines is 3. The molecule has 4 N–H and O–H groups in total. The van der Waals surface area contributed by atoms with E-state index < -0.39 is 17.6 Å². The first kappa shape index (κ1) is 66.4. The van der Waals surface area contributed by atoms with E-state index >= 15 is 0 Å². The monoisotopic (exact) mass is 1270 g/mol. The van der Waals surface area contributed by atoms with E-state index in [1.165, 1.54) is 83.7 Å². The quantitative estimate of drug-likeness (QED) is 0.0177. The van der Waals surface area contributed by atoms with Gasteiger partial charge >= 0.3 is 5.97 Å². The van der Waals surface area contributed by atoms with Crippen LogP contribution in [0, 0.1) is 25.5 Å². The Labute approximate surface area is 535 Å². The number of fused-ring (bicyclic) bond motifs is 1. The van der Waals surface area contributed by atoms with Crippen LogP contribution in [0.4, 0.5) is 26.0 Å². The number of aromatic hydroxyl groups is 1. The highest BCUT2D eigenvalue weighted by atomic mass is 32.2. The first-order valence-corrected chi connectivity index (χ1v) is 30.3. The third kappa shape index (κ3) is 17.8. The molecule has 2 saturated heterocycles. The molecule has 5 heterocycles. The summed E-state index contributed by atoms with van der Waals surface area (Å²) in [6, 6.07) is 34.4. The zero-order valence-corrected chi connectivity index (χ0v) is 53.5. The summed E-state index contributed by atoms with van der Waals surface area (Å²) in [5, 5.41) is 29.4. The molecule has 90 heavy (non-hydrogen) atoms. The number of aromatic nitrogens is 6. The summed E-state index contributed by atoms with van der Waals surface area (Å²) in [6.45, 7) is 18.2. The molecule has 3 aromatic heterocycles. The van der Waals surface area contributed by atoms with E-state index in [2.05, 4.69) is 114 Å². The van der Waals surface area contributed by atoms with Gasteiger partial charge in [-0.3, -0.25) is 24.7 Å². The van der Waals surface area contributed by atoms with Gasteiger partial charge < -0.3 is 30.3 Å². The number of ether oxygens (including phenoxy) is 1. The second-order valence-electron chi connectivity index (χ2n) is 22.1. The van der Waals surface area contributed by atoms with Crippen molar-refractivity contribution in [3.05, 3.63) is 201 Å². The average molecular weight is 1270 g/mol. The number of nitrogens with zero attached hydrogens (tertiary/aromatic N) is 10. The van der Waals surface area contributed by atoms with Gasteiger partial charge in [0.2, 0.25) is 5.91 Å². The molecule has 0 spiro atoms. The number of amides is 2. The summed E-state index contributed by atoms with van der Waals surface area (Å²) in [5.74, 6) is -2.12. The Morgan fingerprint density at radius 2 is 1.56 bits per heavy atom. The predicted octanol–water partition coefficient (Wildman–Crippen LogP) is 11.5. The number of ketones is 1. The maximum Gasteiger partial charge on any atom is 0.341 e. The van der Waals surface area contributed by atoms with Crippen molar-refractivity contribution in [2.24, 2.45) is 5.10 Å². The molecule has 2 aliphatic rings. The highest BCUT2D eigenvalue weighted by Gasteiger charge is 2.32. The number of piperazine rings is 1. The van der Waals surface area contributed by atoms with Crippen LogP contribution in [0.25, 0.3) is 22.8 Å². The van der Waals surface area contributed by atoms with Gasteiger partial charge in [0.25, 0.3) is 5.91 Å². The molecule has 0 atom stereocenters. The van der Waals surface area contributed by atoms with Crippen molar-refractivity contribution in [3.8, 4) is 11.4 Å². The predicted molar refractivity (Wildman–Crippen MR) is 358 cm³/mol. The number of Topliss-reactive ketones (excluding diaryl/α,β-unsaturated/α-hetero) is 1. The van der Waals surface area contributed by atoms with Gasteiger partial charge in [0, 0.05) is 68.2 Å². The van der Waals surface area contributed by atoms with Crippen LogP contribution in [-0.4, -0.2) is 124 Å². The molecule has 2 fully saturated rings. The van der Waals surface area contributed by atoms with E-state index in [-0.39, 0.29) is 62.9 Å². The fraction of sp³-hybridized carbons (Fsp3) is 0.258. The maximum absolute atomic E-state index is 14.1. The van der Waals surface area contributed by atoms with E-state index in [1.54, 1.807) is 12.4 Å².